The summed E-state index contributed by atoms with van der Waals surface area (Å²) in [7, 11) is -3.28. The minimum Gasteiger partial charge on any atom is -0.207 e. The number of sulfonamides is 1. The third kappa shape index (κ3) is 1.97. The van der Waals surface area contributed by atoms with Crippen LogP contribution in [0.15, 0.2) is 35.2 Å². The summed E-state index contributed by atoms with van der Waals surface area (Å²) >= 11 is 0. The molecular weight excluding hydrogens is 246 g/mol. The molecule has 2 aliphatic rings. The van der Waals surface area contributed by atoms with E-state index in [1.165, 1.54) is 19.3 Å². The maximum atomic E-state index is 12.6. The monoisotopic (exact) mass is 265 g/mol. The maximum Gasteiger partial charge on any atom is 0.243 e. The van der Waals surface area contributed by atoms with Gasteiger partial charge < -0.3 is 0 Å². The topological polar surface area (TPSA) is 37.4 Å². The van der Waals surface area contributed by atoms with Gasteiger partial charge in [0.15, 0.2) is 0 Å². The second kappa shape index (κ2) is 4.67. The van der Waals surface area contributed by atoms with Crippen molar-refractivity contribution >= 4 is 10.0 Å². The van der Waals surface area contributed by atoms with E-state index in [0.717, 1.165) is 12.8 Å². The van der Waals surface area contributed by atoms with Crippen LogP contribution in [0.2, 0.25) is 0 Å². The maximum absolute atomic E-state index is 12.6. The fourth-order valence-corrected chi connectivity index (χ4v) is 4.86. The molecule has 1 aliphatic carbocycles. The minimum absolute atomic E-state index is 0.254. The molecule has 18 heavy (non-hydrogen) atoms. The second-order valence-corrected chi connectivity index (χ2v) is 7.22. The standard InChI is InChI=1S/C14H19NO2S/c16-18(17,13-8-2-1-3-9-13)15-11-5-10-14(15)12-6-4-7-12/h1-3,8-9,12,14H,4-7,10-11H2. The summed E-state index contributed by atoms with van der Waals surface area (Å²) in [6, 6.07) is 9.09. The molecule has 3 nitrogen and oxygen atoms in total. The molecule has 1 aromatic rings. The highest BCUT2D eigenvalue weighted by atomic mass is 32.2. The molecule has 0 amide bonds. The van der Waals surface area contributed by atoms with Crippen LogP contribution in [0.4, 0.5) is 0 Å². The Hall–Kier alpha value is -0.870. The van der Waals surface area contributed by atoms with Gasteiger partial charge in [-0.3, -0.25) is 0 Å². The fraction of sp³-hybridized carbons (Fsp3) is 0.571. The van der Waals surface area contributed by atoms with E-state index in [1.807, 2.05) is 6.07 Å². The first-order valence-electron chi connectivity index (χ1n) is 6.76. The van der Waals surface area contributed by atoms with Crippen molar-refractivity contribution in [2.24, 2.45) is 5.92 Å². The summed E-state index contributed by atoms with van der Waals surface area (Å²) in [5.74, 6) is 0.603. The molecular formula is C14H19NO2S. The quantitative estimate of drug-likeness (QED) is 0.842. The molecule has 1 saturated carbocycles. The highest BCUT2D eigenvalue weighted by Crippen LogP contribution is 2.39. The molecule has 1 saturated heterocycles. The van der Waals surface area contributed by atoms with Crippen LogP contribution in [0.25, 0.3) is 0 Å². The molecule has 98 valence electrons. The molecule has 0 N–H and O–H groups in total. The van der Waals surface area contributed by atoms with E-state index in [4.69, 9.17) is 0 Å². The number of rotatable bonds is 3. The molecule has 0 radical (unpaired) electrons. The lowest BCUT2D eigenvalue weighted by molar-refractivity contribution is 0.191. The van der Waals surface area contributed by atoms with Crippen molar-refractivity contribution in [3.05, 3.63) is 30.3 Å². The Labute approximate surface area is 109 Å². The van der Waals surface area contributed by atoms with E-state index in [9.17, 15) is 8.42 Å². The predicted octanol–water partition coefficient (Wildman–Crippen LogP) is 2.64. The van der Waals surface area contributed by atoms with E-state index in [0.29, 0.717) is 17.4 Å². The normalized spacial score (nSPS) is 26.1. The van der Waals surface area contributed by atoms with Crippen molar-refractivity contribution in [2.75, 3.05) is 6.54 Å². The number of hydrogen-bond acceptors (Lipinski definition) is 2. The second-order valence-electron chi connectivity index (χ2n) is 5.33. The highest BCUT2D eigenvalue weighted by Gasteiger charge is 2.41. The fourth-order valence-electron chi connectivity index (χ4n) is 3.09. The molecule has 0 bridgehead atoms. The van der Waals surface area contributed by atoms with Crippen molar-refractivity contribution in [1.82, 2.24) is 4.31 Å². The third-order valence-corrected chi connectivity index (χ3v) is 6.23. The summed E-state index contributed by atoms with van der Waals surface area (Å²) in [5.41, 5.74) is 0. The molecule has 0 spiro atoms. The summed E-state index contributed by atoms with van der Waals surface area (Å²) in [6.45, 7) is 0.693. The van der Waals surface area contributed by atoms with Crippen LogP contribution in [0, 0.1) is 5.92 Å². The van der Waals surface area contributed by atoms with Gasteiger partial charge in [0.2, 0.25) is 10.0 Å². The lowest BCUT2D eigenvalue weighted by atomic mass is 9.79. The van der Waals surface area contributed by atoms with Gasteiger partial charge in [0.25, 0.3) is 0 Å². The van der Waals surface area contributed by atoms with Crippen molar-refractivity contribution < 1.29 is 8.42 Å². The number of hydrogen-bond donors (Lipinski definition) is 0. The van der Waals surface area contributed by atoms with Crippen molar-refractivity contribution in [2.45, 2.75) is 43.0 Å². The van der Waals surface area contributed by atoms with E-state index in [1.54, 1.807) is 28.6 Å². The van der Waals surface area contributed by atoms with Gasteiger partial charge in [-0.25, -0.2) is 8.42 Å². The number of benzene rings is 1. The van der Waals surface area contributed by atoms with Gasteiger partial charge in [-0.05, 0) is 43.7 Å². The van der Waals surface area contributed by atoms with Crippen LogP contribution in [0.5, 0.6) is 0 Å². The molecule has 1 heterocycles. The Bertz CT molecular complexity index is 508. The summed E-state index contributed by atoms with van der Waals surface area (Å²) < 4.78 is 27.0. The zero-order valence-electron chi connectivity index (χ0n) is 10.5. The lowest BCUT2D eigenvalue weighted by Crippen LogP contribution is -2.42. The molecule has 1 unspecified atom stereocenters. The summed E-state index contributed by atoms with van der Waals surface area (Å²) in [5, 5.41) is 0. The van der Waals surface area contributed by atoms with E-state index < -0.39 is 10.0 Å². The Morgan fingerprint density at radius 2 is 1.72 bits per heavy atom. The van der Waals surface area contributed by atoms with E-state index in [2.05, 4.69) is 0 Å². The molecule has 4 heteroatoms. The zero-order valence-corrected chi connectivity index (χ0v) is 11.3. The molecule has 1 aliphatic heterocycles. The zero-order chi connectivity index (χ0) is 12.6. The highest BCUT2D eigenvalue weighted by molar-refractivity contribution is 7.89. The van der Waals surface area contributed by atoms with Crippen LogP contribution in [0.3, 0.4) is 0 Å². The van der Waals surface area contributed by atoms with Crippen LogP contribution >= 0.6 is 0 Å². The van der Waals surface area contributed by atoms with Crippen molar-refractivity contribution in [3.8, 4) is 0 Å². The predicted molar refractivity (Wildman–Crippen MR) is 70.7 cm³/mol. The van der Waals surface area contributed by atoms with Gasteiger partial charge in [-0.2, -0.15) is 4.31 Å². The average molecular weight is 265 g/mol. The lowest BCUT2D eigenvalue weighted by Gasteiger charge is -2.36. The smallest absolute Gasteiger partial charge is 0.207 e. The van der Waals surface area contributed by atoms with Crippen LogP contribution in [-0.2, 0) is 10.0 Å². The van der Waals surface area contributed by atoms with Crippen molar-refractivity contribution in [1.29, 1.82) is 0 Å². The molecule has 3 rings (SSSR count). The van der Waals surface area contributed by atoms with E-state index in [-0.39, 0.29) is 6.04 Å². The first-order valence-corrected chi connectivity index (χ1v) is 8.20. The Balaban J connectivity index is 1.88. The van der Waals surface area contributed by atoms with Crippen LogP contribution in [-0.4, -0.2) is 25.3 Å². The van der Waals surface area contributed by atoms with E-state index >= 15 is 0 Å². The first-order chi connectivity index (χ1) is 8.69. The van der Waals surface area contributed by atoms with Gasteiger partial charge in [0.1, 0.15) is 0 Å². The van der Waals surface area contributed by atoms with Crippen molar-refractivity contribution in [3.63, 3.8) is 0 Å². The number of nitrogens with zero attached hydrogens (tertiary/aromatic N) is 1. The van der Waals surface area contributed by atoms with Gasteiger partial charge in [-0.15, -0.1) is 0 Å². The molecule has 1 aromatic carbocycles. The summed E-state index contributed by atoms with van der Waals surface area (Å²) in [4.78, 5) is 0.441. The Morgan fingerprint density at radius 1 is 1.00 bits per heavy atom. The third-order valence-electron chi connectivity index (χ3n) is 4.29. The van der Waals surface area contributed by atoms with Gasteiger partial charge in [0.05, 0.1) is 4.90 Å². The molecule has 2 fully saturated rings. The largest absolute Gasteiger partial charge is 0.243 e. The Kier molecular flexibility index (Phi) is 3.16. The summed E-state index contributed by atoms with van der Waals surface area (Å²) in [6.07, 6.45) is 5.71. The van der Waals surface area contributed by atoms with Crippen LogP contribution < -0.4 is 0 Å². The molecule has 1 atom stereocenters. The van der Waals surface area contributed by atoms with Gasteiger partial charge in [-0.1, -0.05) is 24.6 Å². The molecule has 0 aromatic heterocycles. The SMILES string of the molecule is O=S(=O)(c1ccccc1)N1CCCC1C1CCC1. The van der Waals surface area contributed by atoms with Gasteiger partial charge >= 0.3 is 0 Å². The Morgan fingerprint density at radius 3 is 2.33 bits per heavy atom. The first kappa shape index (κ1) is 12.2. The van der Waals surface area contributed by atoms with Crippen LogP contribution in [0.1, 0.15) is 32.1 Å². The van der Waals surface area contributed by atoms with Gasteiger partial charge in [0, 0.05) is 12.6 Å². The minimum atomic E-state index is -3.28. The average Bonchev–Trinajstić information content (AvgIpc) is 2.77.